The molecule has 6 atom stereocenters. The van der Waals surface area contributed by atoms with Crippen molar-refractivity contribution in [2.24, 2.45) is 11.8 Å². The molecule has 1 aliphatic carbocycles. The molecule has 0 unspecified atom stereocenters. The fourth-order valence-corrected chi connectivity index (χ4v) is 4.23. The van der Waals surface area contributed by atoms with Gasteiger partial charge in [0.25, 0.3) is 0 Å². The van der Waals surface area contributed by atoms with Gasteiger partial charge in [-0.05, 0) is 36.7 Å². The lowest BCUT2D eigenvalue weighted by Gasteiger charge is -2.20. The minimum absolute atomic E-state index is 0.0379. The second kappa shape index (κ2) is 11.7. The highest BCUT2D eigenvalue weighted by molar-refractivity contribution is 8.02. The van der Waals surface area contributed by atoms with Crippen molar-refractivity contribution in [2.75, 3.05) is 12.4 Å². The average molecular weight is 399 g/mol. The fourth-order valence-electron chi connectivity index (χ4n) is 3.44. The summed E-state index contributed by atoms with van der Waals surface area (Å²) in [4.78, 5) is 10.5. The summed E-state index contributed by atoms with van der Waals surface area (Å²) in [5, 5.41) is 41.1. The van der Waals surface area contributed by atoms with E-state index in [-0.39, 0.29) is 31.0 Å². The molecule has 6 nitrogen and oxygen atoms in total. The van der Waals surface area contributed by atoms with Gasteiger partial charge in [0, 0.05) is 24.5 Å². The maximum atomic E-state index is 10.5. The van der Waals surface area contributed by atoms with E-state index >= 15 is 0 Å². The highest BCUT2D eigenvalue weighted by atomic mass is 32.2. The molecule has 7 heteroatoms. The van der Waals surface area contributed by atoms with Gasteiger partial charge in [0.15, 0.2) is 0 Å². The maximum Gasteiger partial charge on any atom is 0.303 e. The summed E-state index contributed by atoms with van der Waals surface area (Å²) in [7, 11) is 0. The van der Waals surface area contributed by atoms with Crippen molar-refractivity contribution >= 4 is 17.7 Å². The van der Waals surface area contributed by atoms with Gasteiger partial charge in [0.2, 0.25) is 0 Å². The van der Waals surface area contributed by atoms with Crippen molar-refractivity contribution in [1.82, 2.24) is 0 Å². The van der Waals surface area contributed by atoms with Gasteiger partial charge in [-0.15, -0.1) is 11.8 Å². The topological polar surface area (TPSA) is 107 Å². The number of ether oxygens (including phenoxy) is 1. The van der Waals surface area contributed by atoms with E-state index in [0.717, 1.165) is 5.75 Å². The van der Waals surface area contributed by atoms with Gasteiger partial charge in [0.05, 0.1) is 31.0 Å². The molecule has 0 aromatic rings. The number of allylic oxidation sites excluding steroid dienone is 2. The van der Waals surface area contributed by atoms with Crippen LogP contribution >= 0.6 is 11.8 Å². The number of unbranched alkanes of at least 4 members (excludes halogenated alkanes) is 1. The van der Waals surface area contributed by atoms with Crippen LogP contribution in [-0.4, -0.2) is 63.2 Å². The molecule has 152 valence electrons. The molecule has 27 heavy (non-hydrogen) atoms. The smallest absolute Gasteiger partial charge is 0.303 e. The van der Waals surface area contributed by atoms with Gasteiger partial charge in [0.1, 0.15) is 0 Å². The standard InChI is InChI=1S/C20H30O6S/c21-14(12-26-15-9-10-27-13-15)7-8-17-16(18(22)11-19(17)23)5-3-1-2-4-6-20(24)25/h1,3,7-10,14-19,21-23H,2,4-6,11-13H2,(H,24,25)/b3-1-,8-7+/t14-,15-,16-,17-,18+,19-/m1/s1. The number of hydrogen-bond acceptors (Lipinski definition) is 6. The molecular weight excluding hydrogens is 368 g/mol. The number of aliphatic carboxylic acids is 1. The molecule has 0 aromatic carbocycles. The lowest BCUT2D eigenvalue weighted by atomic mass is 9.89. The monoisotopic (exact) mass is 398 g/mol. The molecule has 0 amide bonds. The zero-order chi connectivity index (χ0) is 19.6. The predicted molar refractivity (Wildman–Crippen MR) is 105 cm³/mol. The van der Waals surface area contributed by atoms with E-state index < -0.39 is 24.3 Å². The molecule has 0 spiro atoms. The van der Waals surface area contributed by atoms with Gasteiger partial charge < -0.3 is 25.2 Å². The highest BCUT2D eigenvalue weighted by Gasteiger charge is 2.39. The van der Waals surface area contributed by atoms with Crippen LogP contribution in [0.2, 0.25) is 0 Å². The van der Waals surface area contributed by atoms with Gasteiger partial charge in [-0.25, -0.2) is 0 Å². The number of carboxylic acid groups (broad SMARTS) is 1. The van der Waals surface area contributed by atoms with Crippen LogP contribution < -0.4 is 0 Å². The van der Waals surface area contributed by atoms with E-state index in [9.17, 15) is 20.1 Å². The summed E-state index contributed by atoms with van der Waals surface area (Å²) in [5.41, 5.74) is 0. The second-order valence-electron chi connectivity index (χ2n) is 7.09. The van der Waals surface area contributed by atoms with E-state index in [0.29, 0.717) is 25.7 Å². The summed E-state index contributed by atoms with van der Waals surface area (Å²) in [5.74, 6) is -0.270. The zero-order valence-corrected chi connectivity index (χ0v) is 16.2. The Bertz CT molecular complexity index is 547. The summed E-state index contributed by atoms with van der Waals surface area (Å²) in [6.07, 6.45) is 9.68. The molecule has 2 rings (SSSR count). The number of aliphatic hydroxyl groups is 3. The fraction of sp³-hybridized carbons (Fsp3) is 0.650. The third kappa shape index (κ3) is 7.79. The van der Waals surface area contributed by atoms with Crippen LogP contribution in [0.5, 0.6) is 0 Å². The minimum Gasteiger partial charge on any atom is -0.481 e. The SMILES string of the molecule is O=C(O)CCC/C=C\C[C@@H]1[C@@H](/C=C/[C@@H](O)CO[C@@H]2C=CSC2)[C@H](O)C[C@@H]1O. The van der Waals surface area contributed by atoms with Crippen LogP contribution in [0.3, 0.4) is 0 Å². The van der Waals surface area contributed by atoms with Crippen LogP contribution in [0.4, 0.5) is 0 Å². The number of thioether (sulfide) groups is 1. The third-order valence-corrected chi connectivity index (χ3v) is 5.81. The first-order chi connectivity index (χ1) is 13.0. The maximum absolute atomic E-state index is 10.5. The average Bonchev–Trinajstić information content (AvgIpc) is 3.22. The summed E-state index contributed by atoms with van der Waals surface area (Å²) in [6, 6.07) is 0. The van der Waals surface area contributed by atoms with Crippen LogP contribution in [0.1, 0.15) is 32.1 Å². The van der Waals surface area contributed by atoms with Crippen molar-refractivity contribution in [2.45, 2.75) is 56.5 Å². The van der Waals surface area contributed by atoms with Gasteiger partial charge in [-0.1, -0.05) is 24.3 Å². The molecule has 0 bridgehead atoms. The Morgan fingerprint density at radius 2 is 2.11 bits per heavy atom. The first-order valence-corrected chi connectivity index (χ1v) is 10.5. The first kappa shape index (κ1) is 22.2. The molecule has 4 N–H and O–H groups in total. The number of rotatable bonds is 11. The van der Waals surface area contributed by atoms with Crippen molar-refractivity contribution in [1.29, 1.82) is 0 Å². The lowest BCUT2D eigenvalue weighted by molar-refractivity contribution is -0.137. The number of hydrogen-bond donors (Lipinski definition) is 4. The minimum atomic E-state index is -0.798. The largest absolute Gasteiger partial charge is 0.481 e. The summed E-state index contributed by atoms with van der Waals surface area (Å²) >= 11 is 1.68. The molecule has 2 aliphatic rings. The molecule has 0 saturated heterocycles. The Balaban J connectivity index is 1.78. The molecule has 1 heterocycles. The van der Waals surface area contributed by atoms with Crippen molar-refractivity contribution in [3.8, 4) is 0 Å². The lowest BCUT2D eigenvalue weighted by Crippen LogP contribution is -2.22. The number of aliphatic hydroxyl groups excluding tert-OH is 3. The van der Waals surface area contributed by atoms with E-state index in [4.69, 9.17) is 9.84 Å². The summed E-state index contributed by atoms with van der Waals surface area (Å²) in [6.45, 7) is 0.200. The molecule has 0 radical (unpaired) electrons. The Hall–Kier alpha value is -1.12. The van der Waals surface area contributed by atoms with E-state index in [1.807, 2.05) is 23.6 Å². The Morgan fingerprint density at radius 1 is 1.30 bits per heavy atom. The van der Waals surface area contributed by atoms with Crippen LogP contribution in [0.15, 0.2) is 35.8 Å². The zero-order valence-electron chi connectivity index (χ0n) is 15.4. The van der Waals surface area contributed by atoms with E-state index in [2.05, 4.69) is 0 Å². The van der Waals surface area contributed by atoms with E-state index in [1.165, 1.54) is 0 Å². The molecule has 0 aromatic heterocycles. The van der Waals surface area contributed by atoms with Gasteiger partial charge in [-0.2, -0.15) is 0 Å². The summed E-state index contributed by atoms with van der Waals surface area (Å²) < 4.78 is 5.60. The Kier molecular flexibility index (Phi) is 9.58. The van der Waals surface area contributed by atoms with Gasteiger partial charge in [-0.3, -0.25) is 4.79 Å². The van der Waals surface area contributed by atoms with E-state index in [1.54, 1.807) is 23.9 Å². The normalized spacial score (nSPS) is 32.0. The highest BCUT2D eigenvalue weighted by Crippen LogP contribution is 2.36. The number of carbonyl (C=O) groups is 1. The Morgan fingerprint density at radius 3 is 2.81 bits per heavy atom. The molecule has 1 fully saturated rings. The van der Waals surface area contributed by atoms with Crippen molar-refractivity contribution in [3.63, 3.8) is 0 Å². The molecule has 1 saturated carbocycles. The van der Waals surface area contributed by atoms with Crippen LogP contribution in [-0.2, 0) is 9.53 Å². The van der Waals surface area contributed by atoms with Crippen molar-refractivity contribution in [3.05, 3.63) is 35.8 Å². The molecule has 1 aliphatic heterocycles. The third-order valence-electron chi connectivity index (χ3n) is 4.94. The second-order valence-corrected chi connectivity index (χ2v) is 8.03. The quantitative estimate of drug-likeness (QED) is 0.312. The van der Waals surface area contributed by atoms with Crippen LogP contribution in [0, 0.1) is 11.8 Å². The van der Waals surface area contributed by atoms with Crippen molar-refractivity contribution < 1.29 is 30.0 Å². The first-order valence-electron chi connectivity index (χ1n) is 9.46. The number of carboxylic acids is 1. The Labute approximate surface area is 164 Å². The molecular formula is C20H30O6S. The van der Waals surface area contributed by atoms with Crippen LogP contribution in [0.25, 0.3) is 0 Å². The van der Waals surface area contributed by atoms with Gasteiger partial charge >= 0.3 is 5.97 Å². The predicted octanol–water partition coefficient (Wildman–Crippen LogP) is 2.11.